The van der Waals surface area contributed by atoms with Crippen molar-refractivity contribution in [3.05, 3.63) is 11.9 Å². The van der Waals surface area contributed by atoms with Gasteiger partial charge in [-0.15, -0.1) is 0 Å². The molecule has 1 atom stereocenters. The first kappa shape index (κ1) is 7.00. The first-order valence-corrected chi connectivity index (χ1v) is 4.68. The molecule has 0 unspecified atom stereocenters. The first-order chi connectivity index (χ1) is 5.31. The van der Waals surface area contributed by atoms with Crippen LogP contribution in [0.5, 0.6) is 0 Å². The van der Waals surface area contributed by atoms with Crippen LogP contribution in [0, 0.1) is 0 Å². The Hall–Kier alpha value is -0.680. The molecule has 1 aromatic heterocycles. The van der Waals surface area contributed by atoms with Gasteiger partial charge in [0.25, 0.3) is 0 Å². The Bertz CT molecular complexity index is 308. The van der Waals surface area contributed by atoms with Crippen LogP contribution in [-0.4, -0.2) is 24.6 Å². The van der Waals surface area contributed by atoms with Crippen LogP contribution < -0.4 is 0 Å². The molecule has 1 aliphatic heterocycles. The Morgan fingerprint density at radius 2 is 2.64 bits per heavy atom. The number of imidazole rings is 1. The molecule has 0 aliphatic carbocycles. The van der Waals surface area contributed by atoms with Gasteiger partial charge in [0.2, 0.25) is 0 Å². The minimum absolute atomic E-state index is 0.0722. The second-order valence-corrected chi connectivity index (χ2v) is 3.88. The van der Waals surface area contributed by atoms with Crippen molar-refractivity contribution in [2.45, 2.75) is 18.3 Å². The van der Waals surface area contributed by atoms with Gasteiger partial charge in [0, 0.05) is 18.5 Å². The lowest BCUT2D eigenvalue weighted by Gasteiger charge is -1.87. The smallest absolute Gasteiger partial charge is 0.199 e. The highest BCUT2D eigenvalue weighted by atomic mass is 32.2. The van der Waals surface area contributed by atoms with Gasteiger partial charge in [0.1, 0.15) is 0 Å². The molecule has 0 bridgehead atoms. The predicted octanol–water partition coefficient (Wildman–Crippen LogP) is -0.503. The van der Waals surface area contributed by atoms with Crippen molar-refractivity contribution in [1.29, 1.82) is 0 Å². The van der Waals surface area contributed by atoms with E-state index in [0.717, 1.165) is 6.54 Å². The number of fused-ring (bicyclic) bond motifs is 1. The number of aromatic nitrogens is 2. The van der Waals surface area contributed by atoms with Gasteiger partial charge in [0.15, 0.2) is 5.16 Å². The fraction of sp³-hybridized carbons (Fsp3) is 0.500. The Balaban J connectivity index is 2.46. The molecule has 0 amide bonds. The van der Waals surface area contributed by atoms with Crippen LogP contribution in [0.2, 0.25) is 0 Å². The molecule has 2 rings (SSSR count). The summed E-state index contributed by atoms with van der Waals surface area (Å²) < 4.78 is 13.0. The second kappa shape index (κ2) is 2.42. The molecule has 0 aromatic carbocycles. The number of aliphatic hydroxyl groups excluding tert-OH is 1. The van der Waals surface area contributed by atoms with Crippen molar-refractivity contribution in [1.82, 2.24) is 9.55 Å². The Morgan fingerprint density at radius 1 is 1.82 bits per heavy atom. The van der Waals surface area contributed by atoms with Gasteiger partial charge in [-0.2, -0.15) is 0 Å². The second-order valence-electron chi connectivity index (χ2n) is 2.42. The van der Waals surface area contributed by atoms with Crippen LogP contribution in [0.25, 0.3) is 0 Å². The lowest BCUT2D eigenvalue weighted by Crippen LogP contribution is -1.92. The standard InChI is InChI=1S/C6H8N2O2S/c9-4-5-3-8-1-2-11(10)6(8)7-5/h3,9H,1-2,4H2/t11-/m0/s1. The molecule has 11 heavy (non-hydrogen) atoms. The van der Waals surface area contributed by atoms with Crippen LogP contribution in [0.3, 0.4) is 0 Å². The summed E-state index contributed by atoms with van der Waals surface area (Å²) in [5.41, 5.74) is 0.605. The zero-order valence-electron chi connectivity index (χ0n) is 5.86. The van der Waals surface area contributed by atoms with Crippen molar-refractivity contribution in [3.8, 4) is 0 Å². The summed E-state index contributed by atoms with van der Waals surface area (Å²) in [4.78, 5) is 4.00. The Labute approximate surface area is 66.3 Å². The Morgan fingerprint density at radius 3 is 3.27 bits per heavy atom. The van der Waals surface area contributed by atoms with E-state index in [1.807, 2.05) is 4.57 Å². The van der Waals surface area contributed by atoms with E-state index in [2.05, 4.69) is 4.98 Å². The number of hydrogen-bond donors (Lipinski definition) is 1. The van der Waals surface area contributed by atoms with Crippen LogP contribution in [0.1, 0.15) is 5.69 Å². The molecular formula is C6H8N2O2S. The molecule has 0 spiro atoms. The van der Waals surface area contributed by atoms with Crippen LogP contribution in [-0.2, 0) is 24.0 Å². The molecule has 0 saturated carbocycles. The number of aryl methyl sites for hydroxylation is 1. The number of aliphatic hydroxyl groups is 1. The summed E-state index contributed by atoms with van der Waals surface area (Å²) in [5, 5.41) is 9.31. The van der Waals surface area contributed by atoms with E-state index >= 15 is 0 Å². The van der Waals surface area contributed by atoms with Crippen LogP contribution >= 0.6 is 0 Å². The highest BCUT2D eigenvalue weighted by molar-refractivity contribution is 7.85. The molecule has 2 heterocycles. The normalized spacial score (nSPS) is 22.1. The molecule has 4 nitrogen and oxygen atoms in total. The molecule has 5 heteroatoms. The lowest BCUT2D eigenvalue weighted by atomic mass is 10.5. The molecule has 0 fully saturated rings. The zero-order chi connectivity index (χ0) is 7.84. The molecule has 60 valence electrons. The first-order valence-electron chi connectivity index (χ1n) is 3.36. The summed E-state index contributed by atoms with van der Waals surface area (Å²) in [5.74, 6) is 0.661. The maximum atomic E-state index is 11.1. The molecule has 0 saturated heterocycles. The number of rotatable bonds is 1. The highest BCUT2D eigenvalue weighted by Crippen LogP contribution is 2.14. The number of hydrogen-bond acceptors (Lipinski definition) is 3. The minimum atomic E-state index is -0.938. The van der Waals surface area contributed by atoms with Gasteiger partial charge in [-0.05, 0) is 0 Å². The van der Waals surface area contributed by atoms with Gasteiger partial charge in [-0.3, -0.25) is 4.21 Å². The molecule has 1 aromatic rings. The molecule has 1 aliphatic rings. The third-order valence-electron chi connectivity index (χ3n) is 1.67. The summed E-state index contributed by atoms with van der Waals surface area (Å²) in [6, 6.07) is 0. The van der Waals surface area contributed by atoms with E-state index in [-0.39, 0.29) is 6.61 Å². The van der Waals surface area contributed by atoms with Gasteiger partial charge in [0.05, 0.1) is 23.1 Å². The SMILES string of the molecule is O=[S@]1CCn2cc(CO)nc21. The fourth-order valence-corrected chi connectivity index (χ4v) is 2.31. The topological polar surface area (TPSA) is 55.1 Å². The summed E-state index contributed by atoms with van der Waals surface area (Å²) in [6.45, 7) is 0.687. The minimum Gasteiger partial charge on any atom is -0.390 e. The van der Waals surface area contributed by atoms with Crippen LogP contribution in [0.4, 0.5) is 0 Å². The lowest BCUT2D eigenvalue weighted by molar-refractivity contribution is 0.277. The van der Waals surface area contributed by atoms with Gasteiger partial charge in [-0.25, -0.2) is 4.98 Å². The quantitative estimate of drug-likeness (QED) is 0.621. The van der Waals surface area contributed by atoms with Gasteiger partial charge < -0.3 is 9.67 Å². The Kier molecular flexibility index (Phi) is 1.54. The number of nitrogens with zero attached hydrogens (tertiary/aromatic N) is 2. The zero-order valence-corrected chi connectivity index (χ0v) is 6.67. The van der Waals surface area contributed by atoms with Crippen molar-refractivity contribution in [2.24, 2.45) is 0 Å². The van der Waals surface area contributed by atoms with E-state index in [1.54, 1.807) is 6.20 Å². The fourth-order valence-electron chi connectivity index (χ4n) is 1.14. The average Bonchev–Trinajstić information content (AvgIpc) is 2.53. The molecular weight excluding hydrogens is 164 g/mol. The third kappa shape index (κ3) is 1.00. The van der Waals surface area contributed by atoms with E-state index < -0.39 is 10.8 Å². The molecule has 1 N–H and O–H groups in total. The monoisotopic (exact) mass is 172 g/mol. The van der Waals surface area contributed by atoms with E-state index in [1.165, 1.54) is 0 Å². The molecule has 0 radical (unpaired) electrons. The van der Waals surface area contributed by atoms with Crippen molar-refractivity contribution >= 4 is 10.8 Å². The summed E-state index contributed by atoms with van der Waals surface area (Å²) in [6.07, 6.45) is 1.75. The third-order valence-corrected chi connectivity index (χ3v) is 2.96. The predicted molar refractivity (Wildman–Crippen MR) is 39.4 cm³/mol. The van der Waals surface area contributed by atoms with Crippen molar-refractivity contribution in [3.63, 3.8) is 0 Å². The van der Waals surface area contributed by atoms with E-state index in [9.17, 15) is 4.21 Å². The van der Waals surface area contributed by atoms with Crippen molar-refractivity contribution < 1.29 is 9.32 Å². The van der Waals surface area contributed by atoms with E-state index in [0.29, 0.717) is 16.6 Å². The largest absolute Gasteiger partial charge is 0.390 e. The highest BCUT2D eigenvalue weighted by Gasteiger charge is 2.20. The van der Waals surface area contributed by atoms with E-state index in [4.69, 9.17) is 5.11 Å². The van der Waals surface area contributed by atoms with Crippen molar-refractivity contribution in [2.75, 3.05) is 5.75 Å². The summed E-state index contributed by atoms with van der Waals surface area (Å²) in [7, 11) is -0.938. The maximum Gasteiger partial charge on any atom is 0.199 e. The van der Waals surface area contributed by atoms with Crippen LogP contribution in [0.15, 0.2) is 11.4 Å². The maximum absolute atomic E-state index is 11.1. The summed E-state index contributed by atoms with van der Waals surface area (Å²) >= 11 is 0. The van der Waals surface area contributed by atoms with Gasteiger partial charge >= 0.3 is 0 Å². The van der Waals surface area contributed by atoms with Gasteiger partial charge in [-0.1, -0.05) is 0 Å². The average molecular weight is 172 g/mol.